The van der Waals surface area contributed by atoms with Crippen molar-refractivity contribution in [2.45, 2.75) is 24.4 Å². The number of para-hydroxylation sites is 1. The number of halogens is 2. The number of sulfonamides is 1. The van der Waals surface area contributed by atoms with Crippen LogP contribution in [0.1, 0.15) is 36.7 Å². The van der Waals surface area contributed by atoms with Crippen LogP contribution < -0.4 is 10.0 Å². The van der Waals surface area contributed by atoms with Crippen LogP contribution in [0.4, 0.5) is 15.1 Å². The highest BCUT2D eigenvalue weighted by Gasteiger charge is 2.30. The molecule has 5 rings (SSSR count). The second-order valence-corrected chi connectivity index (χ2v) is 12.0. The number of nitrogens with one attached hydrogen (secondary N) is 2. The fraction of sp³-hybridized carbons (Fsp3) is 0.172. The van der Waals surface area contributed by atoms with Gasteiger partial charge in [0.2, 0.25) is 0 Å². The van der Waals surface area contributed by atoms with Crippen molar-refractivity contribution in [1.82, 2.24) is 4.90 Å². The van der Waals surface area contributed by atoms with Crippen LogP contribution in [0.2, 0.25) is 0 Å². The monoisotopic (exact) mass is 615 g/mol. The highest BCUT2D eigenvalue weighted by atomic mass is 35.5. The van der Waals surface area contributed by atoms with E-state index in [1.165, 1.54) is 36.1 Å². The molecule has 12 heteroatoms. The van der Waals surface area contributed by atoms with Gasteiger partial charge >= 0.3 is 5.97 Å². The third-order valence-electron chi connectivity index (χ3n) is 6.54. The van der Waals surface area contributed by atoms with Crippen LogP contribution >= 0.6 is 23.7 Å². The quantitative estimate of drug-likeness (QED) is 0.246. The lowest BCUT2D eigenvalue weighted by molar-refractivity contribution is 0.0600. The predicted octanol–water partition coefficient (Wildman–Crippen LogP) is 5.71. The van der Waals surface area contributed by atoms with E-state index in [4.69, 9.17) is 4.74 Å². The molecule has 8 nitrogen and oxygen atoms in total. The van der Waals surface area contributed by atoms with Gasteiger partial charge in [0.25, 0.3) is 15.9 Å². The summed E-state index contributed by atoms with van der Waals surface area (Å²) in [6.45, 7) is 2.11. The number of hydrogen-bond acceptors (Lipinski definition) is 7. The summed E-state index contributed by atoms with van der Waals surface area (Å²) in [6, 6.07) is 20.6. The first-order chi connectivity index (χ1) is 19.2. The first kappa shape index (κ1) is 30.2. The predicted molar refractivity (Wildman–Crippen MR) is 159 cm³/mol. The molecule has 2 N–H and O–H groups in total. The minimum atomic E-state index is -4.09. The molecule has 0 fully saturated rings. The highest BCUT2D eigenvalue weighted by Crippen LogP contribution is 2.38. The number of fused-ring (bicyclic) bond motifs is 1. The molecule has 1 aliphatic rings. The van der Waals surface area contributed by atoms with Crippen molar-refractivity contribution in [2.24, 2.45) is 0 Å². The van der Waals surface area contributed by atoms with E-state index in [0.29, 0.717) is 23.5 Å². The van der Waals surface area contributed by atoms with E-state index in [0.717, 1.165) is 47.8 Å². The van der Waals surface area contributed by atoms with Crippen LogP contribution in [0.5, 0.6) is 0 Å². The number of methoxy groups -OCH3 is 1. The Kier molecular flexibility index (Phi) is 9.44. The van der Waals surface area contributed by atoms with Gasteiger partial charge in [0.1, 0.15) is 10.8 Å². The Morgan fingerprint density at radius 2 is 1.68 bits per heavy atom. The molecule has 0 unspecified atom stereocenters. The van der Waals surface area contributed by atoms with E-state index in [-0.39, 0.29) is 28.6 Å². The van der Waals surface area contributed by atoms with Crippen LogP contribution in [0.25, 0.3) is 0 Å². The normalized spacial score (nSPS) is 13.0. The average molecular weight is 616 g/mol. The van der Waals surface area contributed by atoms with Crippen molar-refractivity contribution in [1.29, 1.82) is 0 Å². The van der Waals surface area contributed by atoms with E-state index in [1.54, 1.807) is 12.1 Å². The average Bonchev–Trinajstić information content (AvgIpc) is 3.30. The van der Waals surface area contributed by atoms with Gasteiger partial charge in [0, 0.05) is 24.5 Å². The van der Waals surface area contributed by atoms with Crippen molar-refractivity contribution in [3.05, 3.63) is 112 Å². The number of hydrogen-bond donors (Lipinski definition) is 2. The Labute approximate surface area is 247 Å². The van der Waals surface area contributed by atoms with Crippen LogP contribution in [-0.2, 0) is 34.3 Å². The maximum Gasteiger partial charge on any atom is 0.341 e. The number of carbonyl (C=O) groups excluding carboxylic acids is 2. The largest absolute Gasteiger partial charge is 0.465 e. The highest BCUT2D eigenvalue weighted by molar-refractivity contribution is 7.92. The van der Waals surface area contributed by atoms with Gasteiger partial charge in [-0.3, -0.25) is 14.4 Å². The Balaban J connectivity index is 0.00000387. The molecule has 3 aromatic carbocycles. The van der Waals surface area contributed by atoms with Gasteiger partial charge in [-0.15, -0.1) is 23.7 Å². The van der Waals surface area contributed by atoms with E-state index in [1.807, 2.05) is 18.2 Å². The Morgan fingerprint density at radius 1 is 1.00 bits per heavy atom. The summed E-state index contributed by atoms with van der Waals surface area (Å²) in [6.07, 6.45) is 0.618. The SMILES string of the molecule is COC(=O)c1c(NC(=O)c2ccccc2NS(=O)(=O)c2ccc(F)cc2)sc2c1CCN(Cc1ccccc1)C2.Cl. The van der Waals surface area contributed by atoms with Gasteiger partial charge in [0.15, 0.2) is 0 Å². The minimum absolute atomic E-state index is 0. The van der Waals surface area contributed by atoms with Gasteiger partial charge < -0.3 is 10.1 Å². The zero-order valence-corrected chi connectivity index (χ0v) is 24.4. The molecule has 0 atom stereocenters. The molecule has 0 saturated heterocycles. The number of esters is 1. The number of amides is 1. The molecule has 1 aliphatic heterocycles. The Morgan fingerprint density at radius 3 is 2.39 bits per heavy atom. The van der Waals surface area contributed by atoms with Crippen molar-refractivity contribution in [2.75, 3.05) is 23.7 Å². The molecule has 0 aliphatic carbocycles. The summed E-state index contributed by atoms with van der Waals surface area (Å²) in [5.41, 5.74) is 2.45. The molecule has 0 saturated carbocycles. The lowest BCUT2D eigenvalue weighted by atomic mass is 10.0. The molecule has 1 amide bonds. The van der Waals surface area contributed by atoms with Gasteiger partial charge in [0.05, 0.1) is 28.8 Å². The Hall–Kier alpha value is -3.77. The third kappa shape index (κ3) is 6.76. The summed E-state index contributed by atoms with van der Waals surface area (Å²) in [7, 11) is -2.80. The number of nitrogens with zero attached hydrogens (tertiary/aromatic N) is 1. The third-order valence-corrected chi connectivity index (χ3v) is 9.06. The lowest BCUT2D eigenvalue weighted by Gasteiger charge is -2.27. The zero-order valence-electron chi connectivity index (χ0n) is 21.9. The number of thiophene rings is 1. The molecule has 0 bridgehead atoms. The summed E-state index contributed by atoms with van der Waals surface area (Å²) < 4.78 is 46.5. The van der Waals surface area contributed by atoms with Crippen LogP contribution in [0.3, 0.4) is 0 Å². The van der Waals surface area contributed by atoms with Gasteiger partial charge in [-0.2, -0.15) is 0 Å². The van der Waals surface area contributed by atoms with Gasteiger partial charge in [-0.1, -0.05) is 42.5 Å². The topological polar surface area (TPSA) is 105 Å². The van der Waals surface area contributed by atoms with Crippen molar-refractivity contribution < 1.29 is 27.1 Å². The van der Waals surface area contributed by atoms with Crippen molar-refractivity contribution in [3.63, 3.8) is 0 Å². The minimum Gasteiger partial charge on any atom is -0.465 e. The van der Waals surface area contributed by atoms with Crippen LogP contribution in [0, 0.1) is 5.82 Å². The first-order valence-corrected chi connectivity index (χ1v) is 14.7. The molecule has 214 valence electrons. The van der Waals surface area contributed by atoms with Gasteiger partial charge in [-0.05, 0) is 53.9 Å². The fourth-order valence-corrected chi connectivity index (χ4v) is 6.95. The van der Waals surface area contributed by atoms with Crippen molar-refractivity contribution >= 4 is 56.3 Å². The second-order valence-electron chi connectivity index (χ2n) is 9.20. The van der Waals surface area contributed by atoms with Gasteiger partial charge in [-0.25, -0.2) is 17.6 Å². The Bertz CT molecular complexity index is 1660. The summed E-state index contributed by atoms with van der Waals surface area (Å²) >= 11 is 1.31. The molecule has 0 spiro atoms. The first-order valence-electron chi connectivity index (χ1n) is 12.4. The summed E-state index contributed by atoms with van der Waals surface area (Å²) in [4.78, 5) is 29.3. The number of rotatable bonds is 8. The number of benzene rings is 3. The maximum absolute atomic E-state index is 13.4. The molecule has 0 radical (unpaired) electrons. The van der Waals surface area contributed by atoms with E-state index < -0.39 is 27.7 Å². The smallest absolute Gasteiger partial charge is 0.341 e. The van der Waals surface area contributed by atoms with E-state index in [2.05, 4.69) is 27.1 Å². The fourth-order valence-electron chi connectivity index (χ4n) is 4.60. The number of anilines is 2. The summed E-state index contributed by atoms with van der Waals surface area (Å²) in [5, 5.41) is 3.16. The standard InChI is InChI=1S/C29H26FN3O5S2.ClH/c1-38-29(35)26-23-15-16-33(17-19-7-3-2-4-8-19)18-25(23)39-28(26)31-27(34)22-9-5-6-10-24(22)32-40(36,37)21-13-11-20(30)12-14-21;/h2-14,32H,15-18H2,1H3,(H,31,34);1H. The molecule has 1 aromatic heterocycles. The number of ether oxygens (including phenoxy) is 1. The molecular weight excluding hydrogens is 589 g/mol. The number of carbonyl (C=O) groups is 2. The van der Waals surface area contributed by atoms with Crippen molar-refractivity contribution in [3.8, 4) is 0 Å². The lowest BCUT2D eigenvalue weighted by Crippen LogP contribution is -2.29. The molecule has 41 heavy (non-hydrogen) atoms. The summed E-state index contributed by atoms with van der Waals surface area (Å²) in [5.74, 6) is -1.71. The van der Waals surface area contributed by atoms with Crippen LogP contribution in [-0.4, -0.2) is 38.8 Å². The molecular formula is C29H27ClFN3O5S2. The second kappa shape index (κ2) is 12.8. The maximum atomic E-state index is 13.4. The van der Waals surface area contributed by atoms with E-state index in [9.17, 15) is 22.4 Å². The van der Waals surface area contributed by atoms with E-state index >= 15 is 0 Å². The molecule has 2 heterocycles. The zero-order chi connectivity index (χ0) is 28.3. The van der Waals surface area contributed by atoms with Crippen LogP contribution in [0.15, 0.2) is 83.8 Å². The molecule has 4 aromatic rings.